The highest BCUT2D eigenvalue weighted by Gasteiger charge is 2.15. The summed E-state index contributed by atoms with van der Waals surface area (Å²) in [7, 11) is 0. The van der Waals surface area contributed by atoms with E-state index in [1.54, 1.807) is 0 Å². The van der Waals surface area contributed by atoms with Gasteiger partial charge in [0.25, 0.3) is 0 Å². The van der Waals surface area contributed by atoms with E-state index >= 15 is 0 Å². The van der Waals surface area contributed by atoms with E-state index in [1.165, 1.54) is 6.92 Å². The molecule has 92 valence electrons. The lowest BCUT2D eigenvalue weighted by Gasteiger charge is -2.18. The zero-order valence-corrected chi connectivity index (χ0v) is 9.57. The minimum Gasteiger partial charge on any atom is -0.481 e. The molecule has 0 heterocycles. The molecule has 17 heavy (non-hydrogen) atoms. The second-order valence-corrected chi connectivity index (χ2v) is 3.70. The lowest BCUT2D eigenvalue weighted by Crippen LogP contribution is -2.30. The van der Waals surface area contributed by atoms with Crippen molar-refractivity contribution >= 4 is 12.4 Å². The van der Waals surface area contributed by atoms with E-state index in [1.807, 2.05) is 30.3 Å². The fraction of sp³-hybridized carbons (Fsp3) is 0.333. The smallest absolute Gasteiger partial charge is 0.308 e. The summed E-state index contributed by atoms with van der Waals surface area (Å²) in [6, 6.07) is 9.34. The molecule has 0 saturated heterocycles. The van der Waals surface area contributed by atoms with Gasteiger partial charge in [0.15, 0.2) is 0 Å². The van der Waals surface area contributed by atoms with Crippen molar-refractivity contribution in [2.24, 2.45) is 5.92 Å². The molecular formula is C12H15NO4. The van der Waals surface area contributed by atoms with Crippen molar-refractivity contribution in [3.63, 3.8) is 0 Å². The summed E-state index contributed by atoms with van der Waals surface area (Å²) in [4.78, 5) is 26.5. The van der Waals surface area contributed by atoms with Crippen molar-refractivity contribution in [1.82, 2.24) is 5.06 Å². The molecule has 0 unspecified atom stereocenters. The standard InChI is InChI=1S/C12H15NO4/c1-10(12(15)16)7-13(9-14)17-8-11-5-3-2-4-6-11/h2-6,9-10H,7-8H2,1H3,(H,15,16)/t10-/m0/s1. The summed E-state index contributed by atoms with van der Waals surface area (Å²) in [6.45, 7) is 1.79. The number of benzene rings is 1. The Kier molecular flexibility index (Phi) is 5.16. The van der Waals surface area contributed by atoms with Crippen LogP contribution in [0, 0.1) is 5.92 Å². The molecule has 1 aromatic carbocycles. The summed E-state index contributed by atoms with van der Waals surface area (Å²) in [6.07, 6.45) is 0.488. The Labute approximate surface area is 99.6 Å². The molecule has 0 fully saturated rings. The normalized spacial score (nSPS) is 11.8. The largest absolute Gasteiger partial charge is 0.481 e. The van der Waals surface area contributed by atoms with Gasteiger partial charge >= 0.3 is 5.97 Å². The molecule has 0 radical (unpaired) electrons. The fourth-order valence-electron chi connectivity index (χ4n) is 1.21. The van der Waals surface area contributed by atoms with Crippen LogP contribution >= 0.6 is 0 Å². The minimum atomic E-state index is -0.958. The van der Waals surface area contributed by atoms with Crippen LogP contribution in [-0.2, 0) is 21.0 Å². The Bertz CT molecular complexity index is 366. The molecular weight excluding hydrogens is 222 g/mol. The van der Waals surface area contributed by atoms with E-state index in [-0.39, 0.29) is 13.2 Å². The number of nitrogens with zero attached hydrogens (tertiary/aromatic N) is 1. The predicted octanol–water partition coefficient (Wildman–Crippen LogP) is 1.30. The molecule has 1 aromatic rings. The van der Waals surface area contributed by atoms with Crippen molar-refractivity contribution in [2.45, 2.75) is 13.5 Å². The highest BCUT2D eigenvalue weighted by Crippen LogP contribution is 2.04. The highest BCUT2D eigenvalue weighted by molar-refractivity contribution is 5.70. The molecule has 1 atom stereocenters. The van der Waals surface area contributed by atoms with Crippen molar-refractivity contribution in [3.8, 4) is 0 Å². The molecule has 0 saturated carbocycles. The van der Waals surface area contributed by atoms with Gasteiger partial charge < -0.3 is 5.11 Å². The quantitative estimate of drug-likeness (QED) is 0.573. The first-order valence-electron chi connectivity index (χ1n) is 5.25. The Balaban J connectivity index is 2.42. The zero-order chi connectivity index (χ0) is 12.7. The van der Waals surface area contributed by atoms with Gasteiger partial charge in [-0.3, -0.25) is 14.4 Å². The van der Waals surface area contributed by atoms with Crippen molar-refractivity contribution in [1.29, 1.82) is 0 Å². The van der Waals surface area contributed by atoms with Gasteiger partial charge in [-0.25, -0.2) is 5.06 Å². The molecule has 0 aromatic heterocycles. The summed E-state index contributed by atoms with van der Waals surface area (Å²) in [5.74, 6) is -1.61. The van der Waals surface area contributed by atoms with Crippen LogP contribution in [0.25, 0.3) is 0 Å². The number of hydrogen-bond donors (Lipinski definition) is 1. The summed E-state index contributed by atoms with van der Waals surface area (Å²) >= 11 is 0. The molecule has 1 N–H and O–H groups in total. The third-order valence-electron chi connectivity index (χ3n) is 2.23. The molecule has 0 aliphatic heterocycles. The third-order valence-corrected chi connectivity index (χ3v) is 2.23. The van der Waals surface area contributed by atoms with Gasteiger partial charge in [0.05, 0.1) is 12.5 Å². The summed E-state index contributed by atoms with van der Waals surface area (Å²) < 4.78 is 0. The van der Waals surface area contributed by atoms with Crippen LogP contribution in [0.3, 0.4) is 0 Å². The number of carbonyl (C=O) groups excluding carboxylic acids is 1. The number of rotatable bonds is 7. The first kappa shape index (κ1) is 13.2. The third kappa shape index (κ3) is 4.65. The molecule has 5 nitrogen and oxygen atoms in total. The van der Waals surface area contributed by atoms with Crippen molar-refractivity contribution in [3.05, 3.63) is 35.9 Å². The maximum Gasteiger partial charge on any atom is 0.308 e. The first-order chi connectivity index (χ1) is 8.13. The van der Waals surface area contributed by atoms with Gasteiger partial charge in [-0.1, -0.05) is 37.3 Å². The van der Waals surface area contributed by atoms with Crippen LogP contribution in [0.15, 0.2) is 30.3 Å². The van der Waals surface area contributed by atoms with Gasteiger partial charge in [0.2, 0.25) is 6.41 Å². The monoisotopic (exact) mass is 237 g/mol. The molecule has 0 bridgehead atoms. The van der Waals surface area contributed by atoms with E-state index in [0.717, 1.165) is 10.6 Å². The van der Waals surface area contributed by atoms with Crippen LogP contribution in [-0.4, -0.2) is 29.1 Å². The number of carbonyl (C=O) groups is 2. The van der Waals surface area contributed by atoms with Crippen LogP contribution in [0.2, 0.25) is 0 Å². The number of hydrogen-bond acceptors (Lipinski definition) is 3. The summed E-state index contributed by atoms with van der Waals surface area (Å²) in [5.41, 5.74) is 0.919. The first-order valence-corrected chi connectivity index (χ1v) is 5.25. The molecule has 0 aliphatic carbocycles. The molecule has 5 heteroatoms. The van der Waals surface area contributed by atoms with Crippen LogP contribution < -0.4 is 0 Å². The van der Waals surface area contributed by atoms with Crippen LogP contribution in [0.1, 0.15) is 12.5 Å². The van der Waals surface area contributed by atoms with E-state index in [0.29, 0.717) is 6.41 Å². The SMILES string of the molecule is C[C@@H](CN(C=O)OCc1ccccc1)C(=O)O. The molecule has 0 spiro atoms. The predicted molar refractivity (Wildman–Crippen MR) is 60.8 cm³/mol. The van der Waals surface area contributed by atoms with E-state index in [9.17, 15) is 9.59 Å². The second-order valence-electron chi connectivity index (χ2n) is 3.70. The van der Waals surface area contributed by atoms with Gasteiger partial charge in [-0.2, -0.15) is 0 Å². The Morgan fingerprint density at radius 1 is 1.47 bits per heavy atom. The van der Waals surface area contributed by atoms with Gasteiger partial charge in [-0.05, 0) is 5.56 Å². The van der Waals surface area contributed by atoms with Gasteiger partial charge in [0.1, 0.15) is 6.61 Å². The number of aliphatic carboxylic acids is 1. The van der Waals surface area contributed by atoms with Gasteiger partial charge in [0, 0.05) is 0 Å². The highest BCUT2D eigenvalue weighted by atomic mass is 16.7. The molecule has 1 amide bonds. The van der Waals surface area contributed by atoms with Gasteiger partial charge in [-0.15, -0.1) is 0 Å². The number of carboxylic acid groups (broad SMARTS) is 1. The fourth-order valence-corrected chi connectivity index (χ4v) is 1.21. The minimum absolute atomic E-state index is 0.0334. The topological polar surface area (TPSA) is 66.8 Å². The average Bonchev–Trinajstić information content (AvgIpc) is 2.35. The molecule has 1 rings (SSSR count). The van der Waals surface area contributed by atoms with Crippen molar-refractivity contribution in [2.75, 3.05) is 6.54 Å². The summed E-state index contributed by atoms with van der Waals surface area (Å²) in [5, 5.41) is 9.72. The maximum atomic E-state index is 10.7. The lowest BCUT2D eigenvalue weighted by molar-refractivity contribution is -0.183. The van der Waals surface area contributed by atoms with Crippen LogP contribution in [0.5, 0.6) is 0 Å². The Morgan fingerprint density at radius 3 is 2.65 bits per heavy atom. The number of carboxylic acids is 1. The average molecular weight is 237 g/mol. The maximum absolute atomic E-state index is 10.7. The second kappa shape index (κ2) is 6.65. The van der Waals surface area contributed by atoms with E-state index in [2.05, 4.69) is 0 Å². The lowest BCUT2D eigenvalue weighted by atomic mass is 10.2. The Morgan fingerprint density at radius 2 is 2.12 bits per heavy atom. The number of hydroxylamine groups is 2. The Hall–Kier alpha value is -1.88. The molecule has 0 aliphatic rings. The van der Waals surface area contributed by atoms with Crippen molar-refractivity contribution < 1.29 is 19.5 Å². The number of amides is 1. The van der Waals surface area contributed by atoms with E-state index in [4.69, 9.17) is 9.94 Å². The zero-order valence-electron chi connectivity index (χ0n) is 9.57. The van der Waals surface area contributed by atoms with Crippen LogP contribution in [0.4, 0.5) is 0 Å². The van der Waals surface area contributed by atoms with E-state index < -0.39 is 11.9 Å².